The highest BCUT2D eigenvalue weighted by atomic mass is 32.1. The maximum Gasteiger partial charge on any atom is 0.369 e. The fraction of sp³-hybridized carbons (Fsp3) is 0.600. The van der Waals surface area contributed by atoms with E-state index in [1.54, 1.807) is 6.07 Å². The summed E-state index contributed by atoms with van der Waals surface area (Å²) in [5, 5.41) is 13.3. The Morgan fingerprint density at radius 3 is 3.04 bits per heavy atom. The molecule has 2 aliphatic rings. The molecule has 4 rings (SSSR count). The summed E-state index contributed by atoms with van der Waals surface area (Å²) < 4.78 is 2.33. The molecule has 2 fully saturated rings. The first-order chi connectivity index (χ1) is 11.7. The fourth-order valence-electron chi connectivity index (χ4n) is 3.71. The van der Waals surface area contributed by atoms with Gasteiger partial charge in [0.05, 0.1) is 0 Å². The predicted octanol–water partition coefficient (Wildman–Crippen LogP) is 0.234. The summed E-state index contributed by atoms with van der Waals surface area (Å²) in [5.74, 6) is -0.173. The standard InChI is InChI=1S/C15H20N6O2S/c22-13(16-11-6-8-19-7-2-1-4-12(11)19)10-20-15(23)21(18-17-20)14-5-3-9-24-14/h3,5,9,11-12H,1-2,4,6-8,10H2,(H,16,22)/t11-,12+/m0/s1. The van der Waals surface area contributed by atoms with Crippen LogP contribution in [0.2, 0.25) is 0 Å². The number of amides is 1. The Morgan fingerprint density at radius 2 is 2.21 bits per heavy atom. The summed E-state index contributed by atoms with van der Waals surface area (Å²) in [7, 11) is 0. The molecule has 0 radical (unpaired) electrons. The number of tetrazole rings is 1. The molecule has 2 saturated heterocycles. The van der Waals surface area contributed by atoms with Crippen LogP contribution in [0.25, 0.3) is 5.00 Å². The van der Waals surface area contributed by atoms with Gasteiger partial charge in [0, 0.05) is 18.6 Å². The Morgan fingerprint density at radius 1 is 1.29 bits per heavy atom. The number of thiophene rings is 1. The molecule has 1 amide bonds. The second-order valence-electron chi connectivity index (χ2n) is 6.34. The van der Waals surface area contributed by atoms with Gasteiger partial charge in [0.25, 0.3) is 0 Å². The van der Waals surface area contributed by atoms with Crippen molar-refractivity contribution in [2.24, 2.45) is 0 Å². The van der Waals surface area contributed by atoms with Crippen molar-refractivity contribution in [1.82, 2.24) is 30.0 Å². The monoisotopic (exact) mass is 348 g/mol. The van der Waals surface area contributed by atoms with Crippen LogP contribution >= 0.6 is 11.3 Å². The van der Waals surface area contributed by atoms with Crippen LogP contribution in [0.3, 0.4) is 0 Å². The molecular weight excluding hydrogens is 328 g/mol. The Bertz CT molecular complexity index is 767. The van der Waals surface area contributed by atoms with Crippen LogP contribution < -0.4 is 11.0 Å². The van der Waals surface area contributed by atoms with E-state index in [0.29, 0.717) is 11.0 Å². The Balaban J connectivity index is 1.41. The number of nitrogens with one attached hydrogen (secondary N) is 1. The van der Waals surface area contributed by atoms with Crippen molar-refractivity contribution >= 4 is 17.2 Å². The molecule has 0 bridgehead atoms. The molecule has 2 atom stereocenters. The number of hydrogen-bond donors (Lipinski definition) is 1. The summed E-state index contributed by atoms with van der Waals surface area (Å²) in [6, 6.07) is 4.26. The molecule has 0 aliphatic carbocycles. The molecule has 0 saturated carbocycles. The first-order valence-electron chi connectivity index (χ1n) is 8.32. The zero-order chi connectivity index (χ0) is 16.5. The lowest BCUT2D eigenvalue weighted by Crippen LogP contribution is -2.48. The van der Waals surface area contributed by atoms with Crippen molar-refractivity contribution in [2.75, 3.05) is 13.1 Å². The van der Waals surface area contributed by atoms with Crippen molar-refractivity contribution in [1.29, 1.82) is 0 Å². The van der Waals surface area contributed by atoms with Crippen LogP contribution in [0.1, 0.15) is 25.7 Å². The number of hydrogen-bond acceptors (Lipinski definition) is 6. The lowest BCUT2D eigenvalue weighted by Gasteiger charge is -2.32. The van der Waals surface area contributed by atoms with Gasteiger partial charge in [-0.05, 0) is 53.7 Å². The first kappa shape index (κ1) is 15.5. The van der Waals surface area contributed by atoms with Gasteiger partial charge in [-0.25, -0.2) is 4.79 Å². The zero-order valence-corrected chi connectivity index (χ0v) is 14.1. The molecule has 0 unspecified atom stereocenters. The van der Waals surface area contributed by atoms with Gasteiger partial charge in [0.2, 0.25) is 5.91 Å². The first-order valence-corrected chi connectivity index (χ1v) is 9.20. The van der Waals surface area contributed by atoms with E-state index in [1.807, 2.05) is 11.4 Å². The third kappa shape index (κ3) is 2.89. The van der Waals surface area contributed by atoms with Gasteiger partial charge < -0.3 is 5.32 Å². The van der Waals surface area contributed by atoms with E-state index in [0.717, 1.165) is 30.6 Å². The largest absolute Gasteiger partial charge is 0.369 e. The minimum Gasteiger partial charge on any atom is -0.350 e. The van der Waals surface area contributed by atoms with Crippen LogP contribution in [-0.4, -0.2) is 55.8 Å². The van der Waals surface area contributed by atoms with Crippen molar-refractivity contribution in [3.8, 4) is 5.00 Å². The molecule has 24 heavy (non-hydrogen) atoms. The molecule has 1 N–H and O–H groups in total. The minimum absolute atomic E-state index is 0.0899. The van der Waals surface area contributed by atoms with Crippen molar-refractivity contribution in [3.05, 3.63) is 28.0 Å². The van der Waals surface area contributed by atoms with E-state index in [9.17, 15) is 9.59 Å². The van der Waals surface area contributed by atoms with Gasteiger partial charge in [-0.1, -0.05) is 6.42 Å². The van der Waals surface area contributed by atoms with Crippen LogP contribution in [0.15, 0.2) is 22.3 Å². The summed E-state index contributed by atoms with van der Waals surface area (Å²) >= 11 is 1.40. The SMILES string of the molecule is O=C(Cn1nnn(-c2cccs2)c1=O)N[C@H]1CCN2CCCC[C@H]12. The second kappa shape index (κ2) is 6.48. The van der Waals surface area contributed by atoms with Gasteiger partial charge in [-0.2, -0.15) is 9.36 Å². The van der Waals surface area contributed by atoms with Crippen molar-refractivity contribution in [3.63, 3.8) is 0 Å². The molecule has 2 aromatic rings. The number of rotatable bonds is 4. The summed E-state index contributed by atoms with van der Waals surface area (Å²) in [6.45, 7) is 2.09. The van der Waals surface area contributed by atoms with E-state index in [-0.39, 0.29) is 18.5 Å². The van der Waals surface area contributed by atoms with E-state index in [2.05, 4.69) is 20.6 Å². The lowest BCUT2D eigenvalue weighted by atomic mass is 9.99. The maximum absolute atomic E-state index is 12.3. The molecule has 2 aromatic heterocycles. The smallest absolute Gasteiger partial charge is 0.350 e. The predicted molar refractivity (Wildman–Crippen MR) is 89.3 cm³/mol. The normalized spacial score (nSPS) is 24.0. The van der Waals surface area contributed by atoms with E-state index in [1.165, 1.54) is 28.9 Å². The number of carbonyl (C=O) groups is 1. The van der Waals surface area contributed by atoms with Gasteiger partial charge in [-0.15, -0.1) is 11.3 Å². The van der Waals surface area contributed by atoms with E-state index in [4.69, 9.17) is 0 Å². The molecule has 128 valence electrons. The van der Waals surface area contributed by atoms with Crippen molar-refractivity contribution in [2.45, 2.75) is 44.3 Å². The van der Waals surface area contributed by atoms with Gasteiger partial charge in [0.1, 0.15) is 11.5 Å². The Hall–Kier alpha value is -2.00. The Labute approximate surface area is 143 Å². The zero-order valence-electron chi connectivity index (χ0n) is 13.3. The summed E-state index contributed by atoms with van der Waals surface area (Å²) in [5.41, 5.74) is -0.390. The Kier molecular flexibility index (Phi) is 4.19. The average molecular weight is 348 g/mol. The van der Waals surface area contributed by atoms with Gasteiger partial charge in [-0.3, -0.25) is 9.69 Å². The summed E-state index contributed by atoms with van der Waals surface area (Å²) in [6.07, 6.45) is 4.59. The van der Waals surface area contributed by atoms with E-state index >= 15 is 0 Å². The minimum atomic E-state index is -0.390. The topological polar surface area (TPSA) is 85.0 Å². The average Bonchev–Trinajstić information content (AvgIpc) is 3.30. The lowest BCUT2D eigenvalue weighted by molar-refractivity contribution is -0.122. The molecule has 2 aliphatic heterocycles. The van der Waals surface area contributed by atoms with Crippen molar-refractivity contribution < 1.29 is 4.79 Å². The number of piperidine rings is 1. The van der Waals surface area contributed by atoms with E-state index < -0.39 is 5.69 Å². The van der Waals surface area contributed by atoms with Crippen LogP contribution in [0.4, 0.5) is 0 Å². The van der Waals surface area contributed by atoms with Gasteiger partial charge in [0.15, 0.2) is 0 Å². The number of aromatic nitrogens is 4. The summed E-state index contributed by atoms with van der Waals surface area (Å²) in [4.78, 5) is 27.1. The van der Waals surface area contributed by atoms with Crippen LogP contribution in [0.5, 0.6) is 0 Å². The molecular formula is C15H20N6O2S. The third-order valence-electron chi connectivity index (χ3n) is 4.85. The second-order valence-corrected chi connectivity index (χ2v) is 7.27. The quantitative estimate of drug-likeness (QED) is 0.855. The van der Waals surface area contributed by atoms with Crippen LogP contribution in [-0.2, 0) is 11.3 Å². The molecule has 0 aromatic carbocycles. The van der Waals surface area contributed by atoms with Gasteiger partial charge >= 0.3 is 5.69 Å². The highest BCUT2D eigenvalue weighted by molar-refractivity contribution is 7.12. The highest BCUT2D eigenvalue weighted by Gasteiger charge is 2.36. The molecule has 8 nitrogen and oxygen atoms in total. The van der Waals surface area contributed by atoms with Crippen LogP contribution in [0, 0.1) is 0 Å². The fourth-order valence-corrected chi connectivity index (χ4v) is 4.37. The molecule has 4 heterocycles. The number of carbonyl (C=O) groups excluding carboxylic acids is 1. The maximum atomic E-state index is 12.3. The molecule has 9 heteroatoms. The number of nitrogens with zero attached hydrogens (tertiary/aromatic N) is 5. The highest BCUT2D eigenvalue weighted by Crippen LogP contribution is 2.27. The number of fused-ring (bicyclic) bond motifs is 1. The third-order valence-corrected chi connectivity index (χ3v) is 5.69. The molecule has 0 spiro atoms.